The zero-order chi connectivity index (χ0) is 14.1. The Bertz CT molecular complexity index is 614. The molecule has 0 bridgehead atoms. The van der Waals surface area contributed by atoms with E-state index in [-0.39, 0.29) is 0 Å². The van der Waals surface area contributed by atoms with Crippen LogP contribution in [0.1, 0.15) is 12.5 Å². The van der Waals surface area contributed by atoms with Crippen LogP contribution in [-0.2, 0) is 5.88 Å². The first-order valence-electron chi connectivity index (χ1n) is 7.09. The summed E-state index contributed by atoms with van der Waals surface area (Å²) in [4.78, 5) is 9.59. The van der Waals surface area contributed by atoms with E-state index in [1.165, 1.54) is 5.56 Å². The van der Waals surface area contributed by atoms with Gasteiger partial charge in [0.25, 0.3) is 0 Å². The molecule has 106 valence electrons. The second-order valence-electron chi connectivity index (χ2n) is 5.60. The number of benzene rings is 1. The molecule has 1 atom stereocenters. The number of nitrogens with zero attached hydrogens (tertiary/aromatic N) is 3. The van der Waals surface area contributed by atoms with Crippen molar-refractivity contribution in [1.29, 1.82) is 0 Å². The highest BCUT2D eigenvalue weighted by Gasteiger charge is 2.23. The van der Waals surface area contributed by atoms with E-state index in [0.717, 1.165) is 36.4 Å². The van der Waals surface area contributed by atoms with E-state index in [2.05, 4.69) is 42.0 Å². The third kappa shape index (κ3) is 2.48. The summed E-state index contributed by atoms with van der Waals surface area (Å²) in [5, 5.41) is 1.16. The number of likely N-dealkylation sites (N-methyl/N-ethyl adjacent to an activating group) is 1. The standard InChI is InChI=1S/C16H20ClN3/c1-12-11-19(2)7-8-20(12)16-9-13(10-17)14-5-3-4-6-15(14)18-16/h3-6,9,12H,7-8,10-11H2,1-2H3. The first-order chi connectivity index (χ1) is 9.69. The number of rotatable bonds is 2. The third-order valence-corrected chi connectivity index (χ3v) is 4.35. The van der Waals surface area contributed by atoms with Crippen LogP contribution in [0, 0.1) is 0 Å². The van der Waals surface area contributed by atoms with Crippen molar-refractivity contribution < 1.29 is 0 Å². The maximum atomic E-state index is 6.12. The lowest BCUT2D eigenvalue weighted by Crippen LogP contribution is -2.50. The predicted molar refractivity (Wildman–Crippen MR) is 85.6 cm³/mol. The van der Waals surface area contributed by atoms with E-state index in [0.29, 0.717) is 11.9 Å². The SMILES string of the molecule is CC1CN(C)CCN1c1cc(CCl)c2ccccc2n1. The minimum absolute atomic E-state index is 0.477. The second-order valence-corrected chi connectivity index (χ2v) is 5.86. The van der Waals surface area contributed by atoms with E-state index >= 15 is 0 Å². The molecular formula is C16H20ClN3. The van der Waals surface area contributed by atoms with E-state index in [9.17, 15) is 0 Å². The Balaban J connectivity index is 2.03. The molecule has 3 rings (SSSR count). The highest BCUT2D eigenvalue weighted by molar-refractivity contribution is 6.18. The van der Waals surface area contributed by atoms with E-state index in [1.807, 2.05) is 12.1 Å². The number of pyridine rings is 1. The Morgan fingerprint density at radius 2 is 2.10 bits per heavy atom. The predicted octanol–water partition coefficient (Wildman–Crippen LogP) is 3.11. The van der Waals surface area contributed by atoms with Crippen LogP contribution in [0.3, 0.4) is 0 Å². The molecule has 0 radical (unpaired) electrons. The van der Waals surface area contributed by atoms with Gasteiger partial charge >= 0.3 is 0 Å². The van der Waals surface area contributed by atoms with Crippen molar-refractivity contribution in [2.45, 2.75) is 18.8 Å². The van der Waals surface area contributed by atoms with Gasteiger partial charge in [0.15, 0.2) is 0 Å². The smallest absolute Gasteiger partial charge is 0.129 e. The quantitative estimate of drug-likeness (QED) is 0.792. The van der Waals surface area contributed by atoms with Gasteiger partial charge in [0.05, 0.1) is 5.52 Å². The van der Waals surface area contributed by atoms with Crippen LogP contribution in [0.2, 0.25) is 0 Å². The van der Waals surface area contributed by atoms with Gasteiger partial charge in [0.1, 0.15) is 5.82 Å². The number of fused-ring (bicyclic) bond motifs is 1. The van der Waals surface area contributed by atoms with Crippen molar-refractivity contribution in [3.05, 3.63) is 35.9 Å². The van der Waals surface area contributed by atoms with Gasteiger partial charge in [-0.25, -0.2) is 4.98 Å². The van der Waals surface area contributed by atoms with Crippen molar-refractivity contribution in [2.24, 2.45) is 0 Å². The highest BCUT2D eigenvalue weighted by atomic mass is 35.5. The van der Waals surface area contributed by atoms with Crippen molar-refractivity contribution in [3.63, 3.8) is 0 Å². The lowest BCUT2D eigenvalue weighted by atomic mass is 10.1. The van der Waals surface area contributed by atoms with Crippen LogP contribution < -0.4 is 4.90 Å². The molecular weight excluding hydrogens is 270 g/mol. The highest BCUT2D eigenvalue weighted by Crippen LogP contribution is 2.26. The van der Waals surface area contributed by atoms with Crippen molar-refractivity contribution in [3.8, 4) is 0 Å². The molecule has 1 aromatic carbocycles. The molecule has 0 saturated carbocycles. The molecule has 4 heteroatoms. The maximum absolute atomic E-state index is 6.12. The average Bonchev–Trinajstić information content (AvgIpc) is 2.46. The third-order valence-electron chi connectivity index (χ3n) is 4.06. The number of halogens is 1. The summed E-state index contributed by atoms with van der Waals surface area (Å²) >= 11 is 6.12. The fraction of sp³-hybridized carbons (Fsp3) is 0.438. The molecule has 0 amide bonds. The summed E-state index contributed by atoms with van der Waals surface area (Å²) in [5.41, 5.74) is 2.20. The fourth-order valence-corrected chi connectivity index (χ4v) is 3.19. The zero-order valence-corrected chi connectivity index (χ0v) is 12.8. The van der Waals surface area contributed by atoms with Crippen LogP contribution in [0.5, 0.6) is 0 Å². The molecule has 1 aromatic heterocycles. The summed E-state index contributed by atoms with van der Waals surface area (Å²) in [5.74, 6) is 1.58. The van der Waals surface area contributed by atoms with E-state index in [4.69, 9.17) is 16.6 Å². The number of hydrogen-bond donors (Lipinski definition) is 0. The lowest BCUT2D eigenvalue weighted by molar-refractivity contribution is 0.275. The Labute approximate surface area is 125 Å². The monoisotopic (exact) mass is 289 g/mol. The summed E-state index contributed by atoms with van der Waals surface area (Å²) in [6.45, 7) is 5.43. The minimum Gasteiger partial charge on any atom is -0.351 e. The molecule has 2 heterocycles. The van der Waals surface area contributed by atoms with Crippen molar-refractivity contribution in [2.75, 3.05) is 31.6 Å². The lowest BCUT2D eigenvalue weighted by Gasteiger charge is -2.39. The summed E-state index contributed by atoms with van der Waals surface area (Å²) in [7, 11) is 2.17. The van der Waals surface area contributed by atoms with Gasteiger partial charge in [0, 0.05) is 36.9 Å². The minimum atomic E-state index is 0.477. The van der Waals surface area contributed by atoms with Crippen LogP contribution in [0.4, 0.5) is 5.82 Å². The van der Waals surface area contributed by atoms with Crippen LogP contribution in [-0.4, -0.2) is 42.6 Å². The van der Waals surface area contributed by atoms with Gasteiger partial charge < -0.3 is 9.80 Å². The van der Waals surface area contributed by atoms with Gasteiger partial charge in [-0.2, -0.15) is 0 Å². The Morgan fingerprint density at radius 1 is 1.30 bits per heavy atom. The van der Waals surface area contributed by atoms with Gasteiger partial charge in [-0.05, 0) is 31.7 Å². The largest absolute Gasteiger partial charge is 0.351 e. The molecule has 3 nitrogen and oxygen atoms in total. The first kappa shape index (κ1) is 13.7. The molecule has 2 aromatic rings. The van der Waals surface area contributed by atoms with Gasteiger partial charge in [0.2, 0.25) is 0 Å². The number of aromatic nitrogens is 1. The topological polar surface area (TPSA) is 19.4 Å². The fourth-order valence-electron chi connectivity index (χ4n) is 2.97. The Kier molecular flexibility index (Phi) is 3.81. The van der Waals surface area contributed by atoms with Gasteiger partial charge in [-0.3, -0.25) is 0 Å². The van der Waals surface area contributed by atoms with E-state index < -0.39 is 0 Å². The van der Waals surface area contributed by atoms with Crippen LogP contribution >= 0.6 is 11.6 Å². The molecule has 20 heavy (non-hydrogen) atoms. The van der Waals surface area contributed by atoms with Gasteiger partial charge in [-0.15, -0.1) is 11.6 Å². The number of anilines is 1. The molecule has 1 saturated heterocycles. The second kappa shape index (κ2) is 5.58. The Hall–Kier alpha value is -1.32. The summed E-state index contributed by atoms with van der Waals surface area (Å²) in [6, 6.07) is 10.9. The zero-order valence-electron chi connectivity index (χ0n) is 12.0. The van der Waals surface area contributed by atoms with Gasteiger partial charge in [-0.1, -0.05) is 18.2 Å². The molecule has 1 aliphatic rings. The van der Waals surface area contributed by atoms with Crippen LogP contribution in [0.25, 0.3) is 10.9 Å². The number of para-hydroxylation sites is 1. The molecule has 1 aliphatic heterocycles. The molecule has 0 aliphatic carbocycles. The molecule has 0 spiro atoms. The summed E-state index contributed by atoms with van der Waals surface area (Å²) < 4.78 is 0. The van der Waals surface area contributed by atoms with E-state index in [1.54, 1.807) is 0 Å². The average molecular weight is 290 g/mol. The first-order valence-corrected chi connectivity index (χ1v) is 7.62. The summed E-state index contributed by atoms with van der Waals surface area (Å²) in [6.07, 6.45) is 0. The number of alkyl halides is 1. The van der Waals surface area contributed by atoms with Crippen molar-refractivity contribution >= 4 is 28.3 Å². The van der Waals surface area contributed by atoms with Crippen LogP contribution in [0.15, 0.2) is 30.3 Å². The maximum Gasteiger partial charge on any atom is 0.129 e. The molecule has 1 fully saturated rings. The molecule has 0 N–H and O–H groups in total. The Morgan fingerprint density at radius 3 is 2.85 bits per heavy atom. The normalized spacial score (nSPS) is 20.6. The number of piperazine rings is 1. The molecule has 1 unspecified atom stereocenters. The van der Waals surface area contributed by atoms with Crippen molar-refractivity contribution in [1.82, 2.24) is 9.88 Å². The number of hydrogen-bond acceptors (Lipinski definition) is 3.